The zero-order valence-corrected chi connectivity index (χ0v) is 12.6. The summed E-state index contributed by atoms with van der Waals surface area (Å²) in [6.07, 6.45) is 4.39. The maximum absolute atomic E-state index is 6.31. The quantitative estimate of drug-likeness (QED) is 0.860. The molecule has 1 aromatic heterocycles. The first kappa shape index (κ1) is 15.9. The van der Waals surface area contributed by atoms with Gasteiger partial charge in [0.25, 0.3) is 0 Å². The summed E-state index contributed by atoms with van der Waals surface area (Å²) in [5.74, 6) is 0.763. The smallest absolute Gasteiger partial charge is 0.137 e. The number of rotatable bonds is 6. The number of pyridine rings is 1. The van der Waals surface area contributed by atoms with Gasteiger partial charge in [-0.05, 0) is 23.5 Å². The van der Waals surface area contributed by atoms with E-state index in [0.29, 0.717) is 6.61 Å². The fourth-order valence-electron chi connectivity index (χ4n) is 2.13. The third kappa shape index (κ3) is 4.48. The van der Waals surface area contributed by atoms with Crippen LogP contribution in [-0.4, -0.2) is 24.8 Å². The maximum Gasteiger partial charge on any atom is 0.137 e. The van der Waals surface area contributed by atoms with Gasteiger partial charge in [0.1, 0.15) is 5.75 Å². The molecule has 0 aliphatic rings. The number of nitrogens with zero attached hydrogens (tertiary/aromatic N) is 1. The number of hydrogen-bond donors (Lipinski definition) is 1. The molecule has 108 valence electrons. The van der Waals surface area contributed by atoms with Gasteiger partial charge in [0.15, 0.2) is 0 Å². The predicted octanol–water partition coefficient (Wildman–Crippen LogP) is 2.93. The minimum atomic E-state index is -0.220. The SMILES string of the molecule is CCCOc1cncc(C(N)C(OC)C(C)(C)C)c1. The molecule has 0 saturated carbocycles. The van der Waals surface area contributed by atoms with E-state index in [0.717, 1.165) is 17.7 Å². The average molecular weight is 266 g/mol. The summed E-state index contributed by atoms with van der Waals surface area (Å²) in [5, 5.41) is 0. The molecule has 0 fully saturated rings. The van der Waals surface area contributed by atoms with Gasteiger partial charge in [-0.3, -0.25) is 4.98 Å². The maximum atomic E-state index is 6.31. The fourth-order valence-corrected chi connectivity index (χ4v) is 2.13. The first-order valence-electron chi connectivity index (χ1n) is 6.76. The summed E-state index contributed by atoms with van der Waals surface area (Å²) in [5.41, 5.74) is 7.22. The average Bonchev–Trinajstić information content (AvgIpc) is 2.35. The molecule has 0 amide bonds. The number of methoxy groups -OCH3 is 1. The Balaban J connectivity index is 2.89. The Morgan fingerprint density at radius 1 is 1.32 bits per heavy atom. The van der Waals surface area contributed by atoms with Gasteiger partial charge in [-0.2, -0.15) is 0 Å². The number of aromatic nitrogens is 1. The third-order valence-electron chi connectivity index (χ3n) is 3.03. The van der Waals surface area contributed by atoms with Crippen LogP contribution in [0.4, 0.5) is 0 Å². The van der Waals surface area contributed by atoms with Crippen molar-refractivity contribution in [2.75, 3.05) is 13.7 Å². The van der Waals surface area contributed by atoms with Crippen LogP contribution in [0, 0.1) is 5.41 Å². The summed E-state index contributed by atoms with van der Waals surface area (Å²) in [7, 11) is 1.70. The molecule has 0 aromatic carbocycles. The Kier molecular flexibility index (Phi) is 5.76. The van der Waals surface area contributed by atoms with E-state index in [1.165, 1.54) is 0 Å². The molecule has 1 heterocycles. The van der Waals surface area contributed by atoms with E-state index >= 15 is 0 Å². The minimum absolute atomic E-state index is 0.0333. The van der Waals surface area contributed by atoms with Crippen molar-refractivity contribution >= 4 is 0 Å². The van der Waals surface area contributed by atoms with Gasteiger partial charge in [-0.25, -0.2) is 0 Å². The van der Waals surface area contributed by atoms with Gasteiger partial charge in [-0.1, -0.05) is 27.7 Å². The van der Waals surface area contributed by atoms with Crippen LogP contribution in [-0.2, 0) is 4.74 Å². The first-order chi connectivity index (χ1) is 8.90. The van der Waals surface area contributed by atoms with E-state index in [1.807, 2.05) is 6.07 Å². The second-order valence-electron chi connectivity index (χ2n) is 5.85. The molecule has 2 atom stereocenters. The molecule has 0 spiro atoms. The van der Waals surface area contributed by atoms with Crippen molar-refractivity contribution in [3.63, 3.8) is 0 Å². The highest BCUT2D eigenvalue weighted by Gasteiger charge is 2.31. The summed E-state index contributed by atoms with van der Waals surface area (Å²) in [4.78, 5) is 4.20. The second-order valence-corrected chi connectivity index (χ2v) is 5.85. The lowest BCUT2D eigenvalue weighted by molar-refractivity contribution is -0.00254. The van der Waals surface area contributed by atoms with Crippen molar-refractivity contribution in [2.24, 2.45) is 11.1 Å². The Labute approximate surface area is 116 Å². The first-order valence-corrected chi connectivity index (χ1v) is 6.76. The normalized spacial score (nSPS) is 15.1. The molecule has 1 aromatic rings. The zero-order valence-electron chi connectivity index (χ0n) is 12.6. The second kappa shape index (κ2) is 6.87. The molecule has 1 rings (SSSR count). The summed E-state index contributed by atoms with van der Waals surface area (Å²) < 4.78 is 11.1. The van der Waals surface area contributed by atoms with Crippen molar-refractivity contribution in [1.82, 2.24) is 4.98 Å². The number of nitrogens with two attached hydrogens (primary N) is 1. The summed E-state index contributed by atoms with van der Waals surface area (Å²) in [6.45, 7) is 9.11. The van der Waals surface area contributed by atoms with Crippen molar-refractivity contribution in [2.45, 2.75) is 46.3 Å². The Morgan fingerprint density at radius 3 is 2.53 bits per heavy atom. The highest BCUT2D eigenvalue weighted by atomic mass is 16.5. The van der Waals surface area contributed by atoms with Crippen LogP contribution in [0.2, 0.25) is 0 Å². The highest BCUT2D eigenvalue weighted by molar-refractivity contribution is 5.27. The lowest BCUT2D eigenvalue weighted by Gasteiger charge is -2.34. The Bertz CT molecular complexity index is 388. The van der Waals surface area contributed by atoms with Crippen molar-refractivity contribution in [3.8, 4) is 5.75 Å². The molecule has 19 heavy (non-hydrogen) atoms. The lowest BCUT2D eigenvalue weighted by Crippen LogP contribution is -2.38. The van der Waals surface area contributed by atoms with E-state index in [2.05, 4.69) is 32.7 Å². The van der Waals surface area contributed by atoms with Gasteiger partial charge in [0, 0.05) is 13.3 Å². The molecule has 0 bridgehead atoms. The fraction of sp³-hybridized carbons (Fsp3) is 0.667. The molecule has 0 aliphatic carbocycles. The molecular formula is C15H26N2O2. The van der Waals surface area contributed by atoms with Crippen molar-refractivity contribution in [3.05, 3.63) is 24.0 Å². The van der Waals surface area contributed by atoms with Gasteiger partial charge in [-0.15, -0.1) is 0 Å². The molecule has 4 nitrogen and oxygen atoms in total. The lowest BCUT2D eigenvalue weighted by atomic mass is 9.82. The van der Waals surface area contributed by atoms with Crippen molar-refractivity contribution < 1.29 is 9.47 Å². The molecule has 4 heteroatoms. The standard InChI is InChI=1S/C15H26N2O2/c1-6-7-19-12-8-11(9-17-10-12)13(16)14(18-5)15(2,3)4/h8-10,13-14H,6-7,16H2,1-5H3. The van der Waals surface area contributed by atoms with Gasteiger partial charge >= 0.3 is 0 Å². The van der Waals surface area contributed by atoms with Crippen molar-refractivity contribution in [1.29, 1.82) is 0 Å². The molecule has 0 saturated heterocycles. The van der Waals surface area contributed by atoms with Crippen LogP contribution in [0.1, 0.15) is 45.7 Å². The molecular weight excluding hydrogens is 240 g/mol. The van der Waals surface area contributed by atoms with Crippen LogP contribution in [0.3, 0.4) is 0 Å². The zero-order chi connectivity index (χ0) is 14.5. The minimum Gasteiger partial charge on any atom is -0.492 e. The van der Waals surface area contributed by atoms with E-state index in [9.17, 15) is 0 Å². The Morgan fingerprint density at radius 2 is 2.00 bits per heavy atom. The topological polar surface area (TPSA) is 57.4 Å². The molecule has 0 radical (unpaired) electrons. The van der Waals surface area contributed by atoms with Crippen LogP contribution >= 0.6 is 0 Å². The van der Waals surface area contributed by atoms with Crippen LogP contribution in [0.15, 0.2) is 18.5 Å². The summed E-state index contributed by atoms with van der Waals surface area (Å²) >= 11 is 0. The van der Waals surface area contributed by atoms with E-state index in [4.69, 9.17) is 15.2 Å². The highest BCUT2D eigenvalue weighted by Crippen LogP contribution is 2.31. The van der Waals surface area contributed by atoms with Gasteiger partial charge in [0.05, 0.1) is 24.9 Å². The molecule has 2 unspecified atom stereocenters. The molecule has 2 N–H and O–H groups in total. The van der Waals surface area contributed by atoms with Crippen LogP contribution < -0.4 is 10.5 Å². The van der Waals surface area contributed by atoms with Gasteiger partial charge < -0.3 is 15.2 Å². The largest absolute Gasteiger partial charge is 0.492 e. The summed E-state index contributed by atoms with van der Waals surface area (Å²) in [6, 6.07) is 1.73. The number of ether oxygens (including phenoxy) is 2. The van der Waals surface area contributed by atoms with E-state index in [-0.39, 0.29) is 17.6 Å². The number of hydrogen-bond acceptors (Lipinski definition) is 4. The van der Waals surface area contributed by atoms with Crippen LogP contribution in [0.25, 0.3) is 0 Å². The van der Waals surface area contributed by atoms with E-state index < -0.39 is 0 Å². The monoisotopic (exact) mass is 266 g/mol. The molecule has 0 aliphatic heterocycles. The van der Waals surface area contributed by atoms with E-state index in [1.54, 1.807) is 19.5 Å². The van der Waals surface area contributed by atoms with Gasteiger partial charge in [0.2, 0.25) is 0 Å². The third-order valence-corrected chi connectivity index (χ3v) is 3.03. The Hall–Kier alpha value is -1.13. The van der Waals surface area contributed by atoms with Crippen LogP contribution in [0.5, 0.6) is 5.75 Å². The predicted molar refractivity (Wildman–Crippen MR) is 77.2 cm³/mol.